The van der Waals surface area contributed by atoms with Gasteiger partial charge in [-0.05, 0) is 39.0 Å². The van der Waals surface area contributed by atoms with Crippen LogP contribution in [-0.2, 0) is 17.8 Å². The van der Waals surface area contributed by atoms with Crippen molar-refractivity contribution in [1.82, 2.24) is 9.80 Å². The number of ether oxygens (including phenoxy) is 3. The van der Waals surface area contributed by atoms with E-state index in [1.54, 1.807) is 20.8 Å². The summed E-state index contributed by atoms with van der Waals surface area (Å²) in [4.78, 5) is 38.5. The van der Waals surface area contributed by atoms with Gasteiger partial charge in [0.05, 0.1) is 18.8 Å². The third-order valence-electron chi connectivity index (χ3n) is 4.59. The van der Waals surface area contributed by atoms with Gasteiger partial charge in [0.1, 0.15) is 5.60 Å². The van der Waals surface area contributed by atoms with E-state index in [1.807, 2.05) is 0 Å². The molecule has 2 aromatic carbocycles. The van der Waals surface area contributed by atoms with E-state index >= 15 is 0 Å². The molecular formula is C23H25F2N3O6. The summed E-state index contributed by atoms with van der Waals surface area (Å²) in [5.41, 5.74) is -0.463. The molecule has 0 aliphatic carbocycles. The Morgan fingerprint density at radius 1 is 1.15 bits per heavy atom. The summed E-state index contributed by atoms with van der Waals surface area (Å²) in [6, 6.07) is 7.02. The molecule has 0 bridgehead atoms. The molecule has 9 nitrogen and oxygen atoms in total. The zero-order valence-electron chi connectivity index (χ0n) is 19.4. The van der Waals surface area contributed by atoms with E-state index in [1.165, 1.54) is 49.3 Å². The van der Waals surface area contributed by atoms with Crippen LogP contribution in [0.1, 0.15) is 31.9 Å². The maximum absolute atomic E-state index is 15.0. The highest BCUT2D eigenvalue weighted by Gasteiger charge is 2.30. The van der Waals surface area contributed by atoms with Gasteiger partial charge in [0.25, 0.3) is 0 Å². The lowest BCUT2D eigenvalue weighted by Crippen LogP contribution is -2.37. The molecule has 0 fully saturated rings. The van der Waals surface area contributed by atoms with Crippen LogP contribution in [0.3, 0.4) is 0 Å². The number of benzene rings is 2. The smallest absolute Gasteiger partial charge is 0.415 e. The lowest BCUT2D eigenvalue weighted by molar-refractivity contribution is 0.0635. The number of fused-ring (bicyclic) bond motifs is 1. The van der Waals surface area contributed by atoms with Gasteiger partial charge in [-0.15, -0.1) is 0 Å². The maximum Gasteiger partial charge on any atom is 0.415 e. The number of anilines is 1. The van der Waals surface area contributed by atoms with Gasteiger partial charge in [0, 0.05) is 25.2 Å². The molecule has 3 rings (SSSR count). The number of hydrogen-bond acceptors (Lipinski definition) is 6. The van der Waals surface area contributed by atoms with Crippen molar-refractivity contribution in [2.45, 2.75) is 39.5 Å². The normalized spacial score (nSPS) is 13.0. The molecular weight excluding hydrogens is 452 g/mol. The average molecular weight is 477 g/mol. The second-order valence-corrected chi connectivity index (χ2v) is 8.76. The predicted octanol–water partition coefficient (Wildman–Crippen LogP) is 4.89. The molecule has 34 heavy (non-hydrogen) atoms. The van der Waals surface area contributed by atoms with Gasteiger partial charge < -0.3 is 19.1 Å². The van der Waals surface area contributed by atoms with Gasteiger partial charge in [-0.3, -0.25) is 10.2 Å². The highest BCUT2D eigenvalue weighted by molar-refractivity contribution is 5.85. The molecule has 0 atom stereocenters. The highest BCUT2D eigenvalue weighted by Crippen LogP contribution is 2.35. The third-order valence-corrected chi connectivity index (χ3v) is 4.59. The number of amides is 3. The summed E-state index contributed by atoms with van der Waals surface area (Å²) in [6.45, 7) is 4.76. The largest absolute Gasteiger partial charge is 0.444 e. The SMILES string of the molecule is CN(C)C(=O)Oc1ccc2c(c1F)OC(=O)N(Cc1cccc(NC(=O)OC(C)(C)C)c1F)C2. The van der Waals surface area contributed by atoms with Crippen LogP contribution >= 0.6 is 0 Å². The van der Waals surface area contributed by atoms with E-state index in [2.05, 4.69) is 5.32 Å². The minimum atomic E-state index is -0.990. The van der Waals surface area contributed by atoms with Gasteiger partial charge in [-0.2, -0.15) is 4.39 Å². The number of nitrogens with zero attached hydrogens (tertiary/aromatic N) is 2. The topological polar surface area (TPSA) is 97.4 Å². The summed E-state index contributed by atoms with van der Waals surface area (Å²) in [5.74, 6) is -2.48. The van der Waals surface area contributed by atoms with Crippen molar-refractivity contribution in [3.8, 4) is 11.5 Å². The Bertz CT molecular complexity index is 1130. The molecule has 1 N–H and O–H groups in total. The second kappa shape index (κ2) is 9.54. The van der Waals surface area contributed by atoms with Gasteiger partial charge in [0.2, 0.25) is 5.82 Å². The van der Waals surface area contributed by atoms with Gasteiger partial charge >= 0.3 is 18.3 Å². The Labute approximate surface area is 195 Å². The molecule has 1 aliphatic rings. The molecule has 0 spiro atoms. The number of carbonyl (C=O) groups excluding carboxylic acids is 3. The molecule has 1 aliphatic heterocycles. The van der Waals surface area contributed by atoms with Gasteiger partial charge in [-0.1, -0.05) is 12.1 Å². The first-order chi connectivity index (χ1) is 15.9. The van der Waals surface area contributed by atoms with E-state index < -0.39 is 35.5 Å². The lowest BCUT2D eigenvalue weighted by Gasteiger charge is -2.29. The van der Waals surface area contributed by atoms with E-state index in [0.29, 0.717) is 5.56 Å². The summed E-state index contributed by atoms with van der Waals surface area (Å²) in [5, 5.41) is 2.34. The summed E-state index contributed by atoms with van der Waals surface area (Å²) < 4.78 is 44.9. The number of nitrogens with one attached hydrogen (secondary N) is 1. The summed E-state index contributed by atoms with van der Waals surface area (Å²) >= 11 is 0. The monoisotopic (exact) mass is 477 g/mol. The zero-order valence-corrected chi connectivity index (χ0v) is 19.4. The van der Waals surface area contributed by atoms with Crippen molar-refractivity contribution in [2.24, 2.45) is 0 Å². The summed E-state index contributed by atoms with van der Waals surface area (Å²) in [7, 11) is 2.88. The van der Waals surface area contributed by atoms with Gasteiger partial charge in [0.15, 0.2) is 17.3 Å². The lowest BCUT2D eigenvalue weighted by atomic mass is 10.1. The molecule has 182 valence electrons. The molecule has 11 heteroatoms. The zero-order chi connectivity index (χ0) is 25.2. The number of rotatable bonds is 4. The predicted molar refractivity (Wildman–Crippen MR) is 118 cm³/mol. The first-order valence-electron chi connectivity index (χ1n) is 10.3. The average Bonchev–Trinajstić information content (AvgIpc) is 2.72. The molecule has 0 aromatic heterocycles. The maximum atomic E-state index is 15.0. The van der Waals surface area contributed by atoms with Crippen molar-refractivity contribution in [3.63, 3.8) is 0 Å². The fourth-order valence-corrected chi connectivity index (χ4v) is 3.04. The quantitative estimate of drug-likeness (QED) is 0.674. The number of carbonyl (C=O) groups is 3. The van der Waals surface area contributed by atoms with Crippen molar-refractivity contribution in [1.29, 1.82) is 0 Å². The van der Waals surface area contributed by atoms with Crippen LogP contribution in [0.25, 0.3) is 0 Å². The van der Waals surface area contributed by atoms with Crippen LogP contribution in [0.2, 0.25) is 0 Å². The minimum absolute atomic E-state index is 0.0733. The molecule has 0 saturated heterocycles. The summed E-state index contributed by atoms with van der Waals surface area (Å²) in [6.07, 6.45) is -2.53. The minimum Gasteiger partial charge on any atom is -0.444 e. The Morgan fingerprint density at radius 2 is 1.85 bits per heavy atom. The van der Waals surface area contributed by atoms with Crippen LogP contribution in [0, 0.1) is 11.6 Å². The highest BCUT2D eigenvalue weighted by atomic mass is 19.1. The fraction of sp³-hybridized carbons (Fsp3) is 0.348. The molecule has 1 heterocycles. The first-order valence-corrected chi connectivity index (χ1v) is 10.3. The molecule has 0 saturated carbocycles. The fourth-order valence-electron chi connectivity index (χ4n) is 3.04. The molecule has 3 amide bonds. The Hall–Kier alpha value is -3.89. The van der Waals surface area contributed by atoms with Crippen molar-refractivity contribution in [2.75, 3.05) is 19.4 Å². The van der Waals surface area contributed by atoms with E-state index in [4.69, 9.17) is 14.2 Å². The van der Waals surface area contributed by atoms with Crippen molar-refractivity contribution < 1.29 is 37.4 Å². The Kier molecular flexibility index (Phi) is 6.94. The molecule has 0 radical (unpaired) electrons. The van der Waals surface area contributed by atoms with Gasteiger partial charge in [-0.25, -0.2) is 18.8 Å². The van der Waals surface area contributed by atoms with Crippen LogP contribution in [-0.4, -0.2) is 47.8 Å². The Morgan fingerprint density at radius 3 is 2.50 bits per heavy atom. The van der Waals surface area contributed by atoms with Crippen molar-refractivity contribution in [3.05, 3.63) is 53.1 Å². The second-order valence-electron chi connectivity index (χ2n) is 8.76. The van der Waals surface area contributed by atoms with E-state index in [9.17, 15) is 23.2 Å². The first kappa shape index (κ1) is 24.7. The van der Waals surface area contributed by atoms with Crippen LogP contribution in [0.4, 0.5) is 28.9 Å². The molecule has 0 unspecified atom stereocenters. The number of hydrogen-bond donors (Lipinski definition) is 1. The van der Waals surface area contributed by atoms with Crippen molar-refractivity contribution >= 4 is 24.0 Å². The Balaban J connectivity index is 1.76. The van der Waals surface area contributed by atoms with Crippen LogP contribution in [0.5, 0.6) is 11.5 Å². The van der Waals surface area contributed by atoms with E-state index in [0.717, 1.165) is 4.90 Å². The standard InChI is InChI=1S/C23H25F2N3O6/c1-23(2,3)34-20(29)26-15-8-6-7-13(17(15)24)11-28-12-14-9-10-16(32-21(30)27(4)5)18(25)19(14)33-22(28)31/h6-10H,11-12H2,1-5H3,(H,26,29). The third kappa shape index (κ3) is 5.72. The number of halogens is 2. The molecule has 2 aromatic rings. The van der Waals surface area contributed by atoms with Crippen LogP contribution in [0.15, 0.2) is 30.3 Å². The van der Waals surface area contributed by atoms with E-state index in [-0.39, 0.29) is 35.8 Å². The van der Waals surface area contributed by atoms with Crippen LogP contribution < -0.4 is 14.8 Å².